The van der Waals surface area contributed by atoms with E-state index < -0.39 is 0 Å². The van der Waals surface area contributed by atoms with Crippen LogP contribution in [0.15, 0.2) is 41.2 Å². The molecule has 1 aliphatic carbocycles. The minimum atomic E-state index is 0.251. The van der Waals surface area contributed by atoms with E-state index in [4.69, 9.17) is 9.15 Å². The van der Waals surface area contributed by atoms with Crippen LogP contribution in [0.2, 0.25) is 0 Å². The van der Waals surface area contributed by atoms with E-state index in [-0.39, 0.29) is 6.04 Å². The van der Waals surface area contributed by atoms with Gasteiger partial charge in [-0.1, -0.05) is 16.4 Å². The Labute approximate surface area is 189 Å². The van der Waals surface area contributed by atoms with E-state index in [1.54, 1.807) is 19.5 Å². The molecule has 2 unspecified atom stereocenters. The number of methoxy groups -OCH3 is 1. The van der Waals surface area contributed by atoms with Crippen molar-refractivity contribution >= 4 is 12.0 Å². The lowest BCUT2D eigenvalue weighted by atomic mass is 10.1. The summed E-state index contributed by atoms with van der Waals surface area (Å²) in [6, 6.07) is 6.98. The number of H-pyrrole nitrogens is 1. The van der Waals surface area contributed by atoms with Crippen LogP contribution in [0.1, 0.15) is 29.2 Å². The predicted molar refractivity (Wildman–Crippen MR) is 119 cm³/mol. The lowest BCUT2D eigenvalue weighted by molar-refractivity contribution is 0.414. The van der Waals surface area contributed by atoms with Crippen LogP contribution in [0.4, 0.5) is 12.0 Å². The summed E-state index contributed by atoms with van der Waals surface area (Å²) in [7, 11) is 1.69. The average Bonchev–Trinajstić information content (AvgIpc) is 3.64. The number of hydrogen-bond donors (Lipinski definition) is 2. The maximum absolute atomic E-state index is 5.90. The maximum atomic E-state index is 5.90. The average molecular weight is 445 g/mol. The van der Waals surface area contributed by atoms with Gasteiger partial charge in [-0.2, -0.15) is 0 Å². The minimum Gasteiger partial charge on any atom is -0.497 e. The summed E-state index contributed by atoms with van der Waals surface area (Å²) in [6.45, 7) is 1.59. The van der Waals surface area contributed by atoms with E-state index in [0.29, 0.717) is 29.3 Å². The molecule has 2 aliphatic rings. The van der Waals surface area contributed by atoms with Gasteiger partial charge in [0.1, 0.15) is 5.75 Å². The van der Waals surface area contributed by atoms with Gasteiger partial charge < -0.3 is 19.4 Å². The van der Waals surface area contributed by atoms with Crippen molar-refractivity contribution in [3.05, 3.63) is 53.6 Å². The van der Waals surface area contributed by atoms with Crippen LogP contribution in [-0.2, 0) is 12.8 Å². The van der Waals surface area contributed by atoms with Crippen molar-refractivity contribution in [2.24, 2.45) is 0 Å². The van der Waals surface area contributed by atoms with Crippen LogP contribution in [0.3, 0.4) is 0 Å². The van der Waals surface area contributed by atoms with Crippen LogP contribution in [0, 0.1) is 0 Å². The van der Waals surface area contributed by atoms with Gasteiger partial charge in [-0.05, 0) is 42.5 Å². The van der Waals surface area contributed by atoms with Gasteiger partial charge in [-0.3, -0.25) is 5.10 Å². The summed E-state index contributed by atoms with van der Waals surface area (Å²) in [5.74, 6) is 2.17. The van der Waals surface area contributed by atoms with Crippen molar-refractivity contribution in [1.82, 2.24) is 35.6 Å². The molecule has 3 aromatic heterocycles. The van der Waals surface area contributed by atoms with E-state index in [1.165, 1.54) is 11.1 Å². The van der Waals surface area contributed by atoms with Crippen LogP contribution in [0.25, 0.3) is 11.5 Å². The molecule has 2 atom stereocenters. The molecule has 11 heteroatoms. The van der Waals surface area contributed by atoms with Crippen molar-refractivity contribution < 1.29 is 9.15 Å². The Kier molecular flexibility index (Phi) is 4.85. The maximum Gasteiger partial charge on any atom is 0.318 e. The van der Waals surface area contributed by atoms with Gasteiger partial charge in [0.05, 0.1) is 18.4 Å². The minimum absolute atomic E-state index is 0.251. The van der Waals surface area contributed by atoms with E-state index >= 15 is 0 Å². The normalized spacial score (nSPS) is 19.6. The zero-order valence-electron chi connectivity index (χ0n) is 18.1. The zero-order valence-corrected chi connectivity index (χ0v) is 18.1. The molecule has 4 heterocycles. The summed E-state index contributed by atoms with van der Waals surface area (Å²) < 4.78 is 11.2. The molecule has 1 saturated heterocycles. The molecule has 11 nitrogen and oxygen atoms in total. The summed E-state index contributed by atoms with van der Waals surface area (Å²) >= 11 is 0. The van der Waals surface area contributed by atoms with Crippen molar-refractivity contribution in [3.8, 4) is 17.2 Å². The van der Waals surface area contributed by atoms with E-state index in [1.807, 2.05) is 12.3 Å². The van der Waals surface area contributed by atoms with Gasteiger partial charge in [0, 0.05) is 43.6 Å². The van der Waals surface area contributed by atoms with E-state index in [2.05, 4.69) is 57.9 Å². The summed E-state index contributed by atoms with van der Waals surface area (Å²) in [5, 5.41) is 22.5. The van der Waals surface area contributed by atoms with E-state index in [0.717, 1.165) is 43.8 Å². The molecule has 0 saturated carbocycles. The monoisotopic (exact) mass is 445 g/mol. The van der Waals surface area contributed by atoms with Crippen LogP contribution in [-0.4, -0.2) is 61.8 Å². The predicted octanol–water partition coefficient (Wildman–Crippen LogP) is 2.23. The lowest BCUT2D eigenvalue weighted by Gasteiger charge is -2.12. The highest BCUT2D eigenvalue weighted by molar-refractivity contribution is 5.52. The van der Waals surface area contributed by atoms with Gasteiger partial charge in [-0.25, -0.2) is 9.97 Å². The number of aromatic amines is 1. The molecule has 0 spiro atoms. The standard InChI is InChI=1S/C22H23N9O2/c1-32-18-3-2-13-6-17(7-15(13)8-18)26-21-23-9-16(10-24-21)20-28-29-22(33-20)31-5-4-14(12-31)19-11-25-30-27-19/h2-3,8-11,14,17H,4-7,12H2,1H3,(H,23,24,26)(H,25,27,30). The molecule has 168 valence electrons. The highest BCUT2D eigenvalue weighted by atomic mass is 16.5. The summed E-state index contributed by atoms with van der Waals surface area (Å²) in [6.07, 6.45) is 8.06. The third kappa shape index (κ3) is 3.86. The number of ether oxygens (including phenoxy) is 1. The largest absolute Gasteiger partial charge is 0.497 e. The Bertz CT molecular complexity index is 1240. The summed E-state index contributed by atoms with van der Waals surface area (Å²) in [5.41, 5.74) is 4.27. The van der Waals surface area contributed by atoms with Crippen LogP contribution < -0.4 is 15.0 Å². The Balaban J connectivity index is 1.09. The first kappa shape index (κ1) is 19.6. The molecular formula is C22H23N9O2. The first-order valence-corrected chi connectivity index (χ1v) is 10.9. The fourth-order valence-corrected chi connectivity index (χ4v) is 4.56. The molecule has 1 aliphatic heterocycles. The SMILES string of the molecule is COc1ccc2c(c1)CC(Nc1ncc(-c3nnc(N4CCC(c5c[nH]nn5)C4)o3)cn1)C2. The second kappa shape index (κ2) is 8.15. The van der Waals surface area contributed by atoms with Gasteiger partial charge >= 0.3 is 6.01 Å². The molecule has 6 rings (SSSR count). The number of anilines is 2. The quantitative estimate of drug-likeness (QED) is 0.455. The van der Waals surface area contributed by atoms with Crippen molar-refractivity contribution in [3.63, 3.8) is 0 Å². The topological polar surface area (TPSA) is 131 Å². The van der Waals surface area contributed by atoms with Crippen LogP contribution >= 0.6 is 0 Å². The Morgan fingerprint density at radius 1 is 1.12 bits per heavy atom. The number of benzene rings is 1. The third-order valence-corrected chi connectivity index (χ3v) is 6.31. The molecule has 0 bridgehead atoms. The molecule has 0 radical (unpaired) electrons. The molecular weight excluding hydrogens is 422 g/mol. The smallest absolute Gasteiger partial charge is 0.318 e. The number of fused-ring (bicyclic) bond motifs is 1. The number of nitrogens with one attached hydrogen (secondary N) is 2. The van der Waals surface area contributed by atoms with Crippen molar-refractivity contribution in [1.29, 1.82) is 0 Å². The fraction of sp³-hybridized carbons (Fsp3) is 0.364. The van der Waals surface area contributed by atoms with Gasteiger partial charge in [-0.15, -0.1) is 10.2 Å². The Morgan fingerprint density at radius 3 is 2.82 bits per heavy atom. The lowest BCUT2D eigenvalue weighted by Crippen LogP contribution is -2.20. The molecule has 1 fully saturated rings. The van der Waals surface area contributed by atoms with Crippen LogP contribution in [0.5, 0.6) is 5.75 Å². The van der Waals surface area contributed by atoms with E-state index in [9.17, 15) is 0 Å². The van der Waals surface area contributed by atoms with Gasteiger partial charge in [0.2, 0.25) is 5.95 Å². The van der Waals surface area contributed by atoms with Crippen molar-refractivity contribution in [2.45, 2.75) is 31.2 Å². The third-order valence-electron chi connectivity index (χ3n) is 6.31. The molecule has 33 heavy (non-hydrogen) atoms. The Morgan fingerprint density at radius 2 is 2.00 bits per heavy atom. The van der Waals surface area contributed by atoms with Gasteiger partial charge in [0.25, 0.3) is 5.89 Å². The summed E-state index contributed by atoms with van der Waals surface area (Å²) in [4.78, 5) is 11.0. The number of rotatable bonds is 6. The number of aromatic nitrogens is 7. The van der Waals surface area contributed by atoms with Crippen molar-refractivity contribution in [2.75, 3.05) is 30.4 Å². The molecule has 2 N–H and O–H groups in total. The molecule has 4 aromatic rings. The number of nitrogens with zero attached hydrogens (tertiary/aromatic N) is 7. The van der Waals surface area contributed by atoms with Gasteiger partial charge in [0.15, 0.2) is 0 Å². The molecule has 0 amide bonds. The first-order chi connectivity index (χ1) is 16.2. The highest BCUT2D eigenvalue weighted by Crippen LogP contribution is 2.31. The number of hydrogen-bond acceptors (Lipinski definition) is 10. The second-order valence-corrected chi connectivity index (χ2v) is 8.40. The highest BCUT2D eigenvalue weighted by Gasteiger charge is 2.29. The zero-order chi connectivity index (χ0) is 22.2. The fourth-order valence-electron chi connectivity index (χ4n) is 4.56. The second-order valence-electron chi connectivity index (χ2n) is 8.40. The molecule has 1 aromatic carbocycles. The Hall–Kier alpha value is -4.02. The first-order valence-electron chi connectivity index (χ1n) is 10.9.